The summed E-state index contributed by atoms with van der Waals surface area (Å²) in [5.41, 5.74) is 9.85. The molecule has 0 radical (unpaired) electrons. The molecule has 0 fully saturated rings. The summed E-state index contributed by atoms with van der Waals surface area (Å²) in [4.78, 5) is 6.34. The van der Waals surface area contributed by atoms with Gasteiger partial charge in [0.05, 0.1) is 11.2 Å². The van der Waals surface area contributed by atoms with E-state index in [1.165, 1.54) is 5.56 Å². The average Bonchev–Trinajstić information content (AvgIpc) is 2.58. The molecule has 0 spiro atoms. The van der Waals surface area contributed by atoms with Crippen LogP contribution in [0.25, 0.3) is 10.9 Å². The number of pyridine rings is 1. The van der Waals surface area contributed by atoms with Crippen molar-refractivity contribution in [2.24, 2.45) is 0 Å². The van der Waals surface area contributed by atoms with Crippen molar-refractivity contribution < 1.29 is 0 Å². The molecule has 2 aromatic heterocycles. The molecule has 4 N–H and O–H groups in total. The summed E-state index contributed by atoms with van der Waals surface area (Å²) < 4.78 is 0.765. The van der Waals surface area contributed by atoms with E-state index in [0.717, 1.165) is 26.9 Å². The van der Waals surface area contributed by atoms with Crippen LogP contribution in [0.1, 0.15) is 31.0 Å². The van der Waals surface area contributed by atoms with Crippen molar-refractivity contribution in [1.82, 2.24) is 9.97 Å². The average molecular weight is 221 g/mol. The molecule has 15 heavy (non-hydrogen) atoms. The first-order valence-corrected chi connectivity index (χ1v) is 5.42. The number of hydrogen-bond donors (Lipinski definition) is 3. The van der Waals surface area contributed by atoms with Crippen molar-refractivity contribution in [1.29, 1.82) is 0 Å². The summed E-state index contributed by atoms with van der Waals surface area (Å²) in [6.07, 6.45) is 1.99. The van der Waals surface area contributed by atoms with Crippen LogP contribution in [-0.4, -0.2) is 9.97 Å². The van der Waals surface area contributed by atoms with Gasteiger partial charge >= 0.3 is 0 Å². The second-order valence-corrected chi connectivity index (χ2v) is 4.55. The molecule has 0 aliphatic heterocycles. The second-order valence-electron chi connectivity index (χ2n) is 4.14. The van der Waals surface area contributed by atoms with Crippen molar-refractivity contribution in [3.63, 3.8) is 0 Å². The fourth-order valence-corrected chi connectivity index (χ4v) is 2.21. The maximum atomic E-state index is 5.99. The van der Waals surface area contributed by atoms with Crippen molar-refractivity contribution in [3.8, 4) is 0 Å². The van der Waals surface area contributed by atoms with E-state index in [4.69, 9.17) is 18.0 Å². The molecule has 0 amide bonds. The number of aryl methyl sites for hydroxylation is 1. The first-order valence-electron chi connectivity index (χ1n) is 5.01. The number of aromatic amines is 2. The minimum atomic E-state index is 0.441. The Balaban J connectivity index is 2.94. The zero-order valence-electron chi connectivity index (χ0n) is 9.14. The van der Waals surface area contributed by atoms with Crippen LogP contribution in [0, 0.1) is 11.6 Å². The molecule has 0 saturated heterocycles. The number of fused-ring (bicyclic) bond motifs is 1. The molecule has 4 heteroatoms. The fourth-order valence-electron chi connectivity index (χ4n) is 1.84. The normalized spacial score (nSPS) is 11.5. The lowest BCUT2D eigenvalue weighted by molar-refractivity contribution is 0.875. The predicted octanol–water partition coefficient (Wildman–Crippen LogP) is 3.24. The summed E-state index contributed by atoms with van der Waals surface area (Å²) in [6.45, 7) is 6.22. The van der Waals surface area contributed by atoms with Gasteiger partial charge in [-0.2, -0.15) is 0 Å². The highest BCUT2D eigenvalue weighted by molar-refractivity contribution is 7.71. The van der Waals surface area contributed by atoms with Crippen LogP contribution in [0.2, 0.25) is 0 Å². The highest BCUT2D eigenvalue weighted by atomic mass is 32.1. The lowest BCUT2D eigenvalue weighted by Crippen LogP contribution is -1.95. The number of nitrogens with two attached hydrogens (primary N) is 1. The molecular weight excluding hydrogens is 206 g/mol. The summed E-state index contributed by atoms with van der Waals surface area (Å²) in [6, 6.07) is 0. The van der Waals surface area contributed by atoms with Gasteiger partial charge in [-0.15, -0.1) is 0 Å². The molecule has 0 unspecified atom stereocenters. The molecule has 3 nitrogen and oxygen atoms in total. The van der Waals surface area contributed by atoms with Crippen LogP contribution >= 0.6 is 12.2 Å². The Kier molecular flexibility index (Phi) is 2.31. The summed E-state index contributed by atoms with van der Waals surface area (Å²) in [5, 5.41) is 1.06. The van der Waals surface area contributed by atoms with Gasteiger partial charge in [0.2, 0.25) is 0 Å². The number of hydrogen-bond acceptors (Lipinski definition) is 2. The molecule has 80 valence electrons. The maximum absolute atomic E-state index is 5.99. The first-order chi connectivity index (χ1) is 7.02. The molecule has 2 heterocycles. The van der Waals surface area contributed by atoms with E-state index in [9.17, 15) is 0 Å². The first kappa shape index (κ1) is 10.2. The molecule has 0 bridgehead atoms. The number of rotatable bonds is 1. The van der Waals surface area contributed by atoms with Crippen LogP contribution in [0.4, 0.5) is 5.69 Å². The third-order valence-corrected chi connectivity index (χ3v) is 3.04. The third kappa shape index (κ3) is 1.45. The Hall–Kier alpha value is -1.29. The van der Waals surface area contributed by atoms with Crippen LogP contribution in [-0.2, 0) is 0 Å². The Labute approximate surface area is 93.7 Å². The number of H-pyrrole nitrogens is 2. The minimum Gasteiger partial charge on any atom is -0.396 e. The molecule has 2 aromatic rings. The molecule has 0 aliphatic carbocycles. The van der Waals surface area contributed by atoms with Gasteiger partial charge in [-0.25, -0.2) is 0 Å². The number of aromatic nitrogens is 2. The number of nitrogen functional groups attached to an aromatic ring is 1. The lowest BCUT2D eigenvalue weighted by Gasteiger charge is -2.05. The van der Waals surface area contributed by atoms with E-state index in [0.29, 0.717) is 5.92 Å². The molecule has 0 saturated carbocycles. The largest absolute Gasteiger partial charge is 0.396 e. The maximum Gasteiger partial charge on any atom is 0.113 e. The van der Waals surface area contributed by atoms with E-state index in [1.54, 1.807) is 0 Å². The van der Waals surface area contributed by atoms with Crippen molar-refractivity contribution in [3.05, 3.63) is 22.1 Å². The molecule has 0 aromatic carbocycles. The zero-order valence-corrected chi connectivity index (χ0v) is 9.96. The minimum absolute atomic E-state index is 0.441. The Morgan fingerprint density at radius 3 is 2.67 bits per heavy atom. The molecule has 2 rings (SSSR count). The van der Waals surface area contributed by atoms with E-state index in [2.05, 4.69) is 23.8 Å². The Morgan fingerprint density at radius 2 is 2.07 bits per heavy atom. The molecule has 0 atom stereocenters. The molecular formula is C11H15N3S. The summed E-state index contributed by atoms with van der Waals surface area (Å²) in [5.74, 6) is 0.441. The summed E-state index contributed by atoms with van der Waals surface area (Å²) in [7, 11) is 0. The lowest BCUT2D eigenvalue weighted by atomic mass is 10.0. The predicted molar refractivity (Wildman–Crippen MR) is 66.7 cm³/mol. The quantitative estimate of drug-likeness (QED) is 0.647. The SMILES string of the molecule is Cc1[nH]c(=S)c2c(C(C)C)c[nH]c2c1N. The molecule has 0 aliphatic rings. The van der Waals surface area contributed by atoms with Crippen LogP contribution < -0.4 is 5.73 Å². The van der Waals surface area contributed by atoms with Gasteiger partial charge < -0.3 is 15.7 Å². The monoisotopic (exact) mass is 221 g/mol. The van der Waals surface area contributed by atoms with Crippen LogP contribution in [0.15, 0.2) is 6.20 Å². The van der Waals surface area contributed by atoms with Gasteiger partial charge in [0.15, 0.2) is 0 Å². The van der Waals surface area contributed by atoms with Crippen molar-refractivity contribution in [2.75, 3.05) is 5.73 Å². The van der Waals surface area contributed by atoms with Gasteiger partial charge in [0.25, 0.3) is 0 Å². The van der Waals surface area contributed by atoms with Crippen LogP contribution in [0.5, 0.6) is 0 Å². The second kappa shape index (κ2) is 3.38. The van der Waals surface area contributed by atoms with Gasteiger partial charge in [-0.3, -0.25) is 0 Å². The highest BCUT2D eigenvalue weighted by Gasteiger charge is 2.12. The van der Waals surface area contributed by atoms with E-state index < -0.39 is 0 Å². The van der Waals surface area contributed by atoms with Crippen molar-refractivity contribution >= 4 is 28.8 Å². The summed E-state index contributed by atoms with van der Waals surface area (Å²) >= 11 is 5.33. The van der Waals surface area contributed by atoms with Gasteiger partial charge in [0, 0.05) is 17.3 Å². The van der Waals surface area contributed by atoms with E-state index in [1.807, 2.05) is 13.1 Å². The smallest absolute Gasteiger partial charge is 0.113 e. The van der Waals surface area contributed by atoms with E-state index >= 15 is 0 Å². The third-order valence-electron chi connectivity index (χ3n) is 2.73. The zero-order chi connectivity index (χ0) is 11.2. The fraction of sp³-hybridized carbons (Fsp3) is 0.364. The van der Waals surface area contributed by atoms with Crippen LogP contribution in [0.3, 0.4) is 0 Å². The van der Waals surface area contributed by atoms with Crippen molar-refractivity contribution in [2.45, 2.75) is 26.7 Å². The van der Waals surface area contributed by atoms with E-state index in [-0.39, 0.29) is 0 Å². The van der Waals surface area contributed by atoms with Gasteiger partial charge in [-0.05, 0) is 18.4 Å². The van der Waals surface area contributed by atoms with Gasteiger partial charge in [0.1, 0.15) is 4.64 Å². The van der Waals surface area contributed by atoms with Gasteiger partial charge in [-0.1, -0.05) is 26.1 Å². The number of nitrogens with one attached hydrogen (secondary N) is 2. The topological polar surface area (TPSA) is 57.6 Å². The Bertz CT molecular complexity index is 563. The highest BCUT2D eigenvalue weighted by Crippen LogP contribution is 2.29. The Morgan fingerprint density at radius 1 is 1.40 bits per heavy atom. The standard InChI is InChI=1S/C11H15N3S/c1-5(2)7-4-13-10-8(7)11(15)14-6(3)9(10)12/h4-5,13H,12H2,1-3H3,(H,14,15). The number of anilines is 1.